The molecule has 6 nitrogen and oxygen atoms in total. The van der Waals surface area contributed by atoms with Crippen molar-refractivity contribution in [3.63, 3.8) is 0 Å². The molecular formula is C15H19ClN2O4. The third-order valence-electron chi connectivity index (χ3n) is 3.87. The van der Waals surface area contributed by atoms with Gasteiger partial charge in [0.2, 0.25) is 0 Å². The standard InChI is InChI=1S/C15H19ClN2O4/c1-18-12(19)15(17-14(18)20,13(21-2)22-3)9-8-10-4-6-11(16)7-5-10/h4-7,13H,8-9H2,1-3H3,(H,17,20). The number of carbonyl (C=O) groups excluding carboxylic acids is 2. The number of aryl methyl sites for hydroxylation is 1. The molecule has 0 saturated carbocycles. The molecule has 1 unspecified atom stereocenters. The van der Waals surface area contributed by atoms with Crippen LogP contribution >= 0.6 is 11.6 Å². The van der Waals surface area contributed by atoms with Gasteiger partial charge in [0.1, 0.15) is 0 Å². The lowest BCUT2D eigenvalue weighted by atomic mass is 9.90. The first-order chi connectivity index (χ1) is 10.4. The van der Waals surface area contributed by atoms with Crippen LogP contribution in [0.15, 0.2) is 24.3 Å². The molecule has 0 radical (unpaired) electrons. The molecule has 0 spiro atoms. The van der Waals surface area contributed by atoms with E-state index in [0.29, 0.717) is 17.9 Å². The van der Waals surface area contributed by atoms with Gasteiger partial charge in [-0.3, -0.25) is 9.69 Å². The highest BCUT2D eigenvalue weighted by Gasteiger charge is 2.55. The van der Waals surface area contributed by atoms with Crippen LogP contribution in [0.4, 0.5) is 4.79 Å². The summed E-state index contributed by atoms with van der Waals surface area (Å²) in [6, 6.07) is 6.88. The number of rotatable bonds is 6. The minimum atomic E-state index is -1.23. The molecule has 120 valence electrons. The Bertz CT molecular complexity index is 559. The number of hydrogen-bond donors (Lipinski definition) is 1. The van der Waals surface area contributed by atoms with E-state index in [0.717, 1.165) is 10.5 Å². The van der Waals surface area contributed by atoms with Crippen LogP contribution in [0.1, 0.15) is 12.0 Å². The molecule has 0 aliphatic carbocycles. The molecule has 1 atom stereocenters. The van der Waals surface area contributed by atoms with Crippen LogP contribution in [0.25, 0.3) is 0 Å². The van der Waals surface area contributed by atoms with E-state index in [1.165, 1.54) is 21.3 Å². The molecule has 1 aliphatic rings. The summed E-state index contributed by atoms with van der Waals surface area (Å²) in [5.74, 6) is -0.361. The van der Waals surface area contributed by atoms with Crippen molar-refractivity contribution >= 4 is 23.5 Å². The van der Waals surface area contributed by atoms with Gasteiger partial charge < -0.3 is 14.8 Å². The lowest BCUT2D eigenvalue weighted by molar-refractivity contribution is -0.168. The van der Waals surface area contributed by atoms with E-state index in [4.69, 9.17) is 21.1 Å². The Morgan fingerprint density at radius 2 is 1.82 bits per heavy atom. The smallest absolute Gasteiger partial charge is 0.324 e. The lowest BCUT2D eigenvalue weighted by Crippen LogP contribution is -2.58. The van der Waals surface area contributed by atoms with Crippen molar-refractivity contribution in [2.75, 3.05) is 21.3 Å². The molecule has 1 heterocycles. The minimum Gasteiger partial charge on any atom is -0.353 e. The zero-order chi connectivity index (χ0) is 16.3. The van der Waals surface area contributed by atoms with Crippen LogP contribution < -0.4 is 5.32 Å². The predicted octanol–water partition coefficient (Wildman–Crippen LogP) is 1.81. The predicted molar refractivity (Wildman–Crippen MR) is 81.6 cm³/mol. The number of hydrogen-bond acceptors (Lipinski definition) is 4. The van der Waals surface area contributed by atoms with Gasteiger partial charge in [0.05, 0.1) is 0 Å². The number of ether oxygens (including phenoxy) is 2. The monoisotopic (exact) mass is 326 g/mol. The fraction of sp³-hybridized carbons (Fsp3) is 0.467. The van der Waals surface area contributed by atoms with E-state index in [9.17, 15) is 9.59 Å². The van der Waals surface area contributed by atoms with E-state index < -0.39 is 17.9 Å². The van der Waals surface area contributed by atoms with Gasteiger partial charge >= 0.3 is 6.03 Å². The van der Waals surface area contributed by atoms with E-state index in [2.05, 4.69) is 5.32 Å². The number of halogens is 1. The van der Waals surface area contributed by atoms with Crippen LogP contribution in [-0.4, -0.2) is 49.9 Å². The average Bonchev–Trinajstić information content (AvgIpc) is 2.73. The molecule has 1 aromatic rings. The maximum absolute atomic E-state index is 12.5. The highest BCUT2D eigenvalue weighted by molar-refractivity contribution is 6.30. The highest BCUT2D eigenvalue weighted by atomic mass is 35.5. The Kier molecular flexibility index (Phi) is 5.05. The number of nitrogens with one attached hydrogen (secondary N) is 1. The summed E-state index contributed by atoms with van der Waals surface area (Å²) in [7, 11) is 4.32. The second-order valence-electron chi connectivity index (χ2n) is 5.20. The number of benzene rings is 1. The number of methoxy groups -OCH3 is 2. The average molecular weight is 327 g/mol. The van der Waals surface area contributed by atoms with Gasteiger partial charge in [-0.15, -0.1) is 0 Å². The quantitative estimate of drug-likeness (QED) is 0.639. The molecule has 0 bridgehead atoms. The molecule has 3 amide bonds. The van der Waals surface area contributed by atoms with Gasteiger partial charge in [-0.25, -0.2) is 4.79 Å². The minimum absolute atomic E-state index is 0.357. The summed E-state index contributed by atoms with van der Waals surface area (Å²) in [5.41, 5.74) is -0.221. The molecule has 1 fully saturated rings. The third-order valence-corrected chi connectivity index (χ3v) is 4.12. The SMILES string of the molecule is COC(OC)C1(CCc2ccc(Cl)cc2)NC(=O)N(C)C1=O. The Balaban J connectivity index is 2.24. The molecule has 1 saturated heterocycles. The summed E-state index contributed by atoms with van der Waals surface area (Å²) in [6.07, 6.45) is 0.0667. The number of carbonyl (C=O) groups is 2. The molecule has 0 aromatic heterocycles. The van der Waals surface area contributed by atoms with Crippen molar-refractivity contribution in [1.29, 1.82) is 0 Å². The van der Waals surface area contributed by atoms with Crippen molar-refractivity contribution in [1.82, 2.24) is 10.2 Å². The van der Waals surface area contributed by atoms with Crippen LogP contribution in [0.2, 0.25) is 5.02 Å². The highest BCUT2D eigenvalue weighted by Crippen LogP contribution is 2.28. The van der Waals surface area contributed by atoms with Gasteiger partial charge in [0.25, 0.3) is 5.91 Å². The zero-order valence-electron chi connectivity index (χ0n) is 12.8. The van der Waals surface area contributed by atoms with E-state index in [1.807, 2.05) is 12.1 Å². The Hall–Kier alpha value is -1.63. The number of likely N-dealkylation sites (N-methyl/N-ethyl adjacent to an activating group) is 1. The van der Waals surface area contributed by atoms with E-state index in [-0.39, 0.29) is 5.91 Å². The number of amides is 3. The van der Waals surface area contributed by atoms with Crippen LogP contribution in [-0.2, 0) is 20.7 Å². The van der Waals surface area contributed by atoms with Gasteiger partial charge in [0, 0.05) is 26.3 Å². The summed E-state index contributed by atoms with van der Waals surface area (Å²) < 4.78 is 10.5. The number of imide groups is 1. The molecule has 2 rings (SSSR count). The molecule has 1 aromatic carbocycles. The van der Waals surface area contributed by atoms with Crippen LogP contribution in [0, 0.1) is 0 Å². The first-order valence-corrected chi connectivity index (χ1v) is 7.22. The van der Waals surface area contributed by atoms with Crippen molar-refractivity contribution in [3.8, 4) is 0 Å². The molecule has 1 N–H and O–H groups in total. The Morgan fingerprint density at radius 3 is 2.27 bits per heavy atom. The fourth-order valence-electron chi connectivity index (χ4n) is 2.66. The second kappa shape index (κ2) is 6.64. The van der Waals surface area contributed by atoms with Crippen molar-refractivity contribution in [3.05, 3.63) is 34.9 Å². The van der Waals surface area contributed by atoms with Crippen molar-refractivity contribution < 1.29 is 19.1 Å². The van der Waals surface area contributed by atoms with E-state index in [1.54, 1.807) is 12.1 Å². The summed E-state index contributed by atoms with van der Waals surface area (Å²) >= 11 is 5.87. The van der Waals surface area contributed by atoms with Gasteiger partial charge in [-0.2, -0.15) is 0 Å². The Morgan fingerprint density at radius 1 is 1.23 bits per heavy atom. The van der Waals surface area contributed by atoms with Gasteiger partial charge in [0.15, 0.2) is 11.8 Å². The first kappa shape index (κ1) is 16.7. The van der Waals surface area contributed by atoms with Crippen molar-refractivity contribution in [2.45, 2.75) is 24.7 Å². The molecule has 22 heavy (non-hydrogen) atoms. The van der Waals surface area contributed by atoms with E-state index >= 15 is 0 Å². The van der Waals surface area contributed by atoms with Gasteiger partial charge in [-0.05, 0) is 30.5 Å². The summed E-state index contributed by atoms with van der Waals surface area (Å²) in [4.78, 5) is 25.4. The summed E-state index contributed by atoms with van der Waals surface area (Å²) in [5, 5.41) is 3.36. The maximum atomic E-state index is 12.5. The topological polar surface area (TPSA) is 67.9 Å². The maximum Gasteiger partial charge on any atom is 0.324 e. The zero-order valence-corrected chi connectivity index (χ0v) is 13.5. The van der Waals surface area contributed by atoms with Crippen LogP contribution in [0.3, 0.4) is 0 Å². The van der Waals surface area contributed by atoms with Crippen LogP contribution in [0.5, 0.6) is 0 Å². The molecule has 1 aliphatic heterocycles. The molecular weight excluding hydrogens is 308 g/mol. The van der Waals surface area contributed by atoms with Crippen molar-refractivity contribution in [2.24, 2.45) is 0 Å². The number of nitrogens with zero attached hydrogens (tertiary/aromatic N) is 1. The molecule has 7 heteroatoms. The normalized spacial score (nSPS) is 21.6. The van der Waals surface area contributed by atoms with Gasteiger partial charge in [-0.1, -0.05) is 23.7 Å². The Labute approximate surface area is 134 Å². The largest absolute Gasteiger partial charge is 0.353 e. The first-order valence-electron chi connectivity index (χ1n) is 6.85. The lowest BCUT2D eigenvalue weighted by Gasteiger charge is -2.32. The fourth-order valence-corrected chi connectivity index (χ4v) is 2.78. The number of urea groups is 1. The third kappa shape index (κ3) is 2.95. The summed E-state index contributed by atoms with van der Waals surface area (Å²) in [6.45, 7) is 0. The second-order valence-corrected chi connectivity index (χ2v) is 5.63.